The molecule has 0 aliphatic rings. The lowest BCUT2D eigenvalue weighted by Crippen LogP contribution is -2.43. The first-order valence-corrected chi connectivity index (χ1v) is 6.75. The zero-order valence-electron chi connectivity index (χ0n) is 13.0. The molecule has 0 bridgehead atoms. The van der Waals surface area contributed by atoms with Crippen LogP contribution in [0.5, 0.6) is 0 Å². The van der Waals surface area contributed by atoms with Crippen molar-refractivity contribution in [2.75, 3.05) is 13.1 Å². The number of carbonyl (C=O) groups excluding carboxylic acids is 2. The molecule has 0 spiro atoms. The second-order valence-electron chi connectivity index (χ2n) is 6.21. The maximum Gasteiger partial charge on any atom is 0.325 e. The van der Waals surface area contributed by atoms with E-state index in [2.05, 4.69) is 10.6 Å². The number of thiocarbonyl (C=S) groups is 1. The normalized spacial score (nSPS) is 11.5. The zero-order valence-corrected chi connectivity index (χ0v) is 13.8. The fraction of sp³-hybridized carbons (Fsp3) is 0.769. The summed E-state index contributed by atoms with van der Waals surface area (Å²) in [6, 6.07) is 0. The van der Waals surface area contributed by atoms with Crippen LogP contribution in [0.25, 0.3) is 0 Å². The third-order valence-corrected chi connectivity index (χ3v) is 1.92. The van der Waals surface area contributed by atoms with E-state index in [1.165, 1.54) is 0 Å². The average molecular weight is 304 g/mol. The second-order valence-corrected chi connectivity index (χ2v) is 6.62. The van der Waals surface area contributed by atoms with Gasteiger partial charge in [0, 0.05) is 0 Å². The van der Waals surface area contributed by atoms with Crippen molar-refractivity contribution < 1.29 is 19.1 Å². The van der Waals surface area contributed by atoms with Crippen molar-refractivity contribution in [1.29, 1.82) is 0 Å². The van der Waals surface area contributed by atoms with Gasteiger partial charge in [-0.3, -0.25) is 9.59 Å². The van der Waals surface area contributed by atoms with Crippen LogP contribution >= 0.6 is 12.2 Å². The first-order chi connectivity index (χ1) is 8.89. The van der Waals surface area contributed by atoms with Crippen LogP contribution in [0.4, 0.5) is 0 Å². The lowest BCUT2D eigenvalue weighted by Gasteiger charge is -2.21. The summed E-state index contributed by atoms with van der Waals surface area (Å²) in [6.45, 7) is 10.6. The molecule has 6 nitrogen and oxygen atoms in total. The molecule has 0 fully saturated rings. The predicted octanol–water partition coefficient (Wildman–Crippen LogP) is 1.13. The largest absolute Gasteiger partial charge is 0.459 e. The Balaban J connectivity index is 3.91. The summed E-state index contributed by atoms with van der Waals surface area (Å²) in [5.74, 6) is -0.835. The molecule has 0 radical (unpaired) electrons. The average Bonchev–Trinajstić information content (AvgIpc) is 2.18. The van der Waals surface area contributed by atoms with Crippen molar-refractivity contribution in [2.45, 2.75) is 52.7 Å². The minimum atomic E-state index is -0.537. The van der Waals surface area contributed by atoms with E-state index in [0.29, 0.717) is 0 Å². The lowest BCUT2D eigenvalue weighted by atomic mass is 10.2. The molecule has 0 unspecified atom stereocenters. The van der Waals surface area contributed by atoms with Crippen molar-refractivity contribution in [3.8, 4) is 0 Å². The maximum atomic E-state index is 11.4. The molecule has 0 saturated heterocycles. The Morgan fingerprint density at radius 3 is 1.40 bits per heavy atom. The van der Waals surface area contributed by atoms with Gasteiger partial charge >= 0.3 is 11.9 Å². The molecule has 2 N–H and O–H groups in total. The zero-order chi connectivity index (χ0) is 16.0. The first-order valence-electron chi connectivity index (χ1n) is 6.34. The van der Waals surface area contributed by atoms with Gasteiger partial charge in [0.05, 0.1) is 0 Å². The minimum Gasteiger partial charge on any atom is -0.459 e. The van der Waals surface area contributed by atoms with Crippen molar-refractivity contribution in [2.24, 2.45) is 0 Å². The summed E-state index contributed by atoms with van der Waals surface area (Å²) >= 11 is 4.94. The summed E-state index contributed by atoms with van der Waals surface area (Å²) in [5, 5.41) is 5.52. The number of nitrogens with one attached hydrogen (secondary N) is 2. The van der Waals surface area contributed by atoms with Crippen molar-refractivity contribution in [3.63, 3.8) is 0 Å². The van der Waals surface area contributed by atoms with E-state index < -0.39 is 23.1 Å². The van der Waals surface area contributed by atoms with E-state index in [9.17, 15) is 9.59 Å². The molecule has 0 saturated carbocycles. The van der Waals surface area contributed by atoms with Crippen LogP contribution in [0.3, 0.4) is 0 Å². The predicted molar refractivity (Wildman–Crippen MR) is 80.3 cm³/mol. The van der Waals surface area contributed by atoms with Gasteiger partial charge in [0.15, 0.2) is 5.11 Å². The molecule has 20 heavy (non-hydrogen) atoms. The minimum absolute atomic E-state index is 0.0581. The lowest BCUT2D eigenvalue weighted by molar-refractivity contribution is -0.154. The van der Waals surface area contributed by atoms with Crippen molar-refractivity contribution >= 4 is 29.3 Å². The Labute approximate surface area is 125 Å². The van der Waals surface area contributed by atoms with E-state index in [1.54, 1.807) is 41.5 Å². The number of ether oxygens (including phenoxy) is 2. The summed E-state index contributed by atoms with van der Waals surface area (Å²) in [5.41, 5.74) is -1.07. The van der Waals surface area contributed by atoms with E-state index in [-0.39, 0.29) is 18.2 Å². The molecule has 0 aliphatic heterocycles. The number of carbonyl (C=O) groups is 2. The highest BCUT2D eigenvalue weighted by molar-refractivity contribution is 7.80. The van der Waals surface area contributed by atoms with Crippen LogP contribution in [0, 0.1) is 0 Å². The molecule has 0 aliphatic carbocycles. The third-order valence-electron chi connectivity index (χ3n) is 1.63. The summed E-state index contributed by atoms with van der Waals surface area (Å²) in [4.78, 5) is 22.9. The fourth-order valence-electron chi connectivity index (χ4n) is 1.12. The van der Waals surface area contributed by atoms with Gasteiger partial charge < -0.3 is 20.1 Å². The van der Waals surface area contributed by atoms with Crippen LogP contribution in [-0.4, -0.2) is 41.3 Å². The number of esters is 2. The topological polar surface area (TPSA) is 76.7 Å². The van der Waals surface area contributed by atoms with Crippen LogP contribution in [-0.2, 0) is 19.1 Å². The summed E-state index contributed by atoms with van der Waals surface area (Å²) < 4.78 is 10.2. The third kappa shape index (κ3) is 11.7. The first kappa shape index (κ1) is 18.6. The van der Waals surface area contributed by atoms with Crippen LogP contribution in [0.2, 0.25) is 0 Å². The van der Waals surface area contributed by atoms with Gasteiger partial charge in [-0.15, -0.1) is 0 Å². The van der Waals surface area contributed by atoms with Gasteiger partial charge in [-0.1, -0.05) is 0 Å². The van der Waals surface area contributed by atoms with E-state index in [0.717, 1.165) is 0 Å². The summed E-state index contributed by atoms with van der Waals surface area (Å²) in [6.07, 6.45) is 0. The Morgan fingerprint density at radius 1 is 0.850 bits per heavy atom. The highest BCUT2D eigenvalue weighted by Crippen LogP contribution is 2.06. The monoisotopic (exact) mass is 304 g/mol. The second kappa shape index (κ2) is 7.42. The molecule has 0 aromatic heterocycles. The maximum absolute atomic E-state index is 11.4. The Hall–Kier alpha value is -1.37. The molecule has 0 atom stereocenters. The van der Waals surface area contributed by atoms with Gasteiger partial charge in [-0.2, -0.15) is 0 Å². The van der Waals surface area contributed by atoms with Gasteiger partial charge in [0.25, 0.3) is 0 Å². The van der Waals surface area contributed by atoms with Crippen LogP contribution < -0.4 is 10.6 Å². The highest BCUT2D eigenvalue weighted by atomic mass is 32.1. The van der Waals surface area contributed by atoms with E-state index in [4.69, 9.17) is 21.7 Å². The SMILES string of the molecule is CC(C)(C)OC(=O)CNC(=S)NCC(=O)OC(C)(C)C. The molecule has 0 aromatic carbocycles. The molecule has 0 amide bonds. The molecular weight excluding hydrogens is 280 g/mol. The Kier molecular flexibility index (Phi) is 6.91. The standard InChI is InChI=1S/C13H24N2O4S/c1-12(2,3)18-9(16)7-14-11(20)15-8-10(17)19-13(4,5)6/h7-8H2,1-6H3,(H2,14,15,20). The van der Waals surface area contributed by atoms with Crippen LogP contribution in [0.1, 0.15) is 41.5 Å². The van der Waals surface area contributed by atoms with Crippen molar-refractivity contribution in [1.82, 2.24) is 10.6 Å². The quantitative estimate of drug-likeness (QED) is 0.595. The van der Waals surface area contributed by atoms with Gasteiger partial charge in [0.2, 0.25) is 0 Å². The van der Waals surface area contributed by atoms with E-state index in [1.807, 2.05) is 0 Å². The Morgan fingerprint density at radius 2 is 1.15 bits per heavy atom. The highest BCUT2D eigenvalue weighted by Gasteiger charge is 2.17. The van der Waals surface area contributed by atoms with Gasteiger partial charge in [-0.05, 0) is 53.8 Å². The summed E-state index contributed by atoms with van der Waals surface area (Å²) in [7, 11) is 0. The molecule has 0 heterocycles. The number of hydrogen-bond donors (Lipinski definition) is 2. The molecule has 7 heteroatoms. The number of hydrogen-bond acceptors (Lipinski definition) is 5. The van der Waals surface area contributed by atoms with Gasteiger partial charge in [-0.25, -0.2) is 0 Å². The fourth-order valence-corrected chi connectivity index (χ4v) is 1.27. The van der Waals surface area contributed by atoms with Crippen LogP contribution in [0.15, 0.2) is 0 Å². The van der Waals surface area contributed by atoms with Crippen molar-refractivity contribution in [3.05, 3.63) is 0 Å². The smallest absolute Gasteiger partial charge is 0.325 e. The molecule has 0 aromatic rings. The number of rotatable bonds is 4. The molecule has 116 valence electrons. The molecular formula is C13H24N2O4S. The van der Waals surface area contributed by atoms with Gasteiger partial charge in [0.1, 0.15) is 24.3 Å². The molecule has 0 rings (SSSR count). The Bertz CT molecular complexity index is 336. The van der Waals surface area contributed by atoms with E-state index >= 15 is 0 Å².